The maximum Gasteiger partial charge on any atom is 0.141 e. The van der Waals surface area contributed by atoms with Crippen LogP contribution in [0.5, 0.6) is 0 Å². The fourth-order valence-corrected chi connectivity index (χ4v) is 2.44. The van der Waals surface area contributed by atoms with Crippen LogP contribution in [0.1, 0.15) is 19.7 Å². The van der Waals surface area contributed by atoms with E-state index in [2.05, 4.69) is 51.7 Å². The van der Waals surface area contributed by atoms with Crippen molar-refractivity contribution in [2.45, 2.75) is 26.4 Å². The molecular weight excluding hydrogens is 289 g/mol. The summed E-state index contributed by atoms with van der Waals surface area (Å²) in [5.41, 5.74) is 0. The molecule has 4 heteroatoms. The number of hydrogen-bond acceptors (Lipinski definition) is 3. The summed E-state index contributed by atoms with van der Waals surface area (Å²) in [6, 6.07) is 2.38. The van der Waals surface area contributed by atoms with Gasteiger partial charge in [-0.25, -0.2) is 9.97 Å². The molecule has 1 unspecified atom stereocenters. The van der Waals surface area contributed by atoms with Gasteiger partial charge in [0.15, 0.2) is 0 Å². The molecule has 0 aromatic carbocycles. The second-order valence-electron chi connectivity index (χ2n) is 3.55. The molecule has 0 fully saturated rings. The molecule has 0 saturated carbocycles. The van der Waals surface area contributed by atoms with Gasteiger partial charge in [-0.3, -0.25) is 0 Å². The highest BCUT2D eigenvalue weighted by atomic mass is 127. The van der Waals surface area contributed by atoms with Crippen LogP contribution in [0.4, 0.5) is 0 Å². The number of alkyl halides is 1. The topological polar surface area (TPSA) is 37.8 Å². The summed E-state index contributed by atoms with van der Waals surface area (Å²) in [4.78, 5) is 8.34. The van der Waals surface area contributed by atoms with Gasteiger partial charge in [0.2, 0.25) is 0 Å². The van der Waals surface area contributed by atoms with E-state index in [1.54, 1.807) is 12.4 Å². The fourth-order valence-electron chi connectivity index (χ4n) is 1.11. The first-order chi connectivity index (χ1) is 6.74. The molecule has 1 aromatic heterocycles. The van der Waals surface area contributed by atoms with Crippen molar-refractivity contribution in [3.63, 3.8) is 0 Å². The van der Waals surface area contributed by atoms with Gasteiger partial charge in [-0.15, -0.1) is 0 Å². The van der Waals surface area contributed by atoms with Crippen LogP contribution in [0.3, 0.4) is 0 Å². The van der Waals surface area contributed by atoms with E-state index in [4.69, 9.17) is 0 Å². The molecule has 0 bridgehead atoms. The van der Waals surface area contributed by atoms with Gasteiger partial charge in [-0.05, 0) is 12.0 Å². The minimum atomic E-state index is 0.541. The third kappa shape index (κ3) is 3.88. The smallest absolute Gasteiger partial charge is 0.141 e. The average Bonchev–Trinajstić information content (AvgIpc) is 2.20. The van der Waals surface area contributed by atoms with Gasteiger partial charge < -0.3 is 5.32 Å². The van der Waals surface area contributed by atoms with Gasteiger partial charge in [-0.1, -0.05) is 36.4 Å². The second kappa shape index (κ2) is 6.29. The van der Waals surface area contributed by atoms with Crippen LogP contribution in [0.2, 0.25) is 0 Å². The lowest BCUT2D eigenvalue weighted by Gasteiger charge is -2.19. The molecule has 0 aliphatic heterocycles. The highest BCUT2D eigenvalue weighted by Gasteiger charge is 2.10. The van der Waals surface area contributed by atoms with Crippen LogP contribution in [0.25, 0.3) is 0 Å². The van der Waals surface area contributed by atoms with Crippen molar-refractivity contribution in [1.29, 1.82) is 0 Å². The number of halogens is 1. The van der Waals surface area contributed by atoms with E-state index >= 15 is 0 Å². The molecule has 3 nitrogen and oxygen atoms in total. The standard InChI is InChI=1S/C10H16IN3/c1-8(2)9(6-11)14-7-10-12-4-3-5-13-10/h3-5,8-9,14H,6-7H2,1-2H3. The van der Waals surface area contributed by atoms with Crippen molar-refractivity contribution < 1.29 is 0 Å². The van der Waals surface area contributed by atoms with Crippen molar-refractivity contribution in [3.05, 3.63) is 24.3 Å². The summed E-state index contributed by atoms with van der Waals surface area (Å²) in [6.45, 7) is 5.21. The molecule has 1 N–H and O–H groups in total. The van der Waals surface area contributed by atoms with E-state index in [1.165, 1.54) is 0 Å². The Balaban J connectivity index is 2.40. The average molecular weight is 305 g/mol. The summed E-state index contributed by atoms with van der Waals surface area (Å²) in [5.74, 6) is 1.51. The summed E-state index contributed by atoms with van der Waals surface area (Å²) >= 11 is 2.40. The molecule has 0 aliphatic rings. The van der Waals surface area contributed by atoms with Crippen LogP contribution < -0.4 is 5.32 Å². The van der Waals surface area contributed by atoms with Gasteiger partial charge in [-0.2, -0.15) is 0 Å². The number of nitrogens with one attached hydrogen (secondary N) is 1. The Hall–Kier alpha value is -0.230. The fraction of sp³-hybridized carbons (Fsp3) is 0.600. The highest BCUT2D eigenvalue weighted by Crippen LogP contribution is 2.05. The molecule has 1 aromatic rings. The lowest BCUT2D eigenvalue weighted by Crippen LogP contribution is -2.35. The summed E-state index contributed by atoms with van der Waals surface area (Å²) in [7, 11) is 0. The van der Waals surface area contributed by atoms with Crippen LogP contribution in [0.15, 0.2) is 18.5 Å². The first-order valence-electron chi connectivity index (χ1n) is 4.79. The van der Waals surface area contributed by atoms with Gasteiger partial charge in [0.05, 0.1) is 6.54 Å². The van der Waals surface area contributed by atoms with E-state index in [9.17, 15) is 0 Å². The Morgan fingerprint density at radius 2 is 2.00 bits per heavy atom. The molecular formula is C10H16IN3. The molecule has 14 heavy (non-hydrogen) atoms. The number of hydrogen-bond donors (Lipinski definition) is 1. The van der Waals surface area contributed by atoms with E-state index in [-0.39, 0.29) is 0 Å². The molecule has 1 atom stereocenters. The zero-order valence-corrected chi connectivity index (χ0v) is 10.7. The Kier molecular flexibility index (Phi) is 5.32. The molecule has 0 saturated heterocycles. The van der Waals surface area contributed by atoms with Gasteiger partial charge in [0.1, 0.15) is 5.82 Å². The van der Waals surface area contributed by atoms with Crippen molar-refractivity contribution in [1.82, 2.24) is 15.3 Å². The van der Waals surface area contributed by atoms with Crippen molar-refractivity contribution in [3.8, 4) is 0 Å². The predicted octanol–water partition coefficient (Wildman–Crippen LogP) is 2.03. The third-order valence-corrected chi connectivity index (χ3v) is 3.06. The van der Waals surface area contributed by atoms with E-state index in [0.29, 0.717) is 12.0 Å². The third-order valence-electron chi connectivity index (χ3n) is 2.11. The van der Waals surface area contributed by atoms with Crippen molar-refractivity contribution in [2.24, 2.45) is 5.92 Å². The molecule has 0 radical (unpaired) electrons. The Morgan fingerprint density at radius 1 is 1.36 bits per heavy atom. The van der Waals surface area contributed by atoms with E-state index in [0.717, 1.165) is 16.8 Å². The first-order valence-corrected chi connectivity index (χ1v) is 6.32. The molecule has 0 amide bonds. The quantitative estimate of drug-likeness (QED) is 0.668. The summed E-state index contributed by atoms with van der Waals surface area (Å²) in [6.07, 6.45) is 3.55. The van der Waals surface area contributed by atoms with E-state index in [1.807, 2.05) is 6.07 Å². The van der Waals surface area contributed by atoms with Crippen LogP contribution >= 0.6 is 22.6 Å². The zero-order chi connectivity index (χ0) is 10.4. The van der Waals surface area contributed by atoms with Gasteiger partial charge >= 0.3 is 0 Å². The summed E-state index contributed by atoms with van der Waals surface area (Å²) in [5, 5.41) is 3.45. The molecule has 1 rings (SSSR count). The second-order valence-corrected chi connectivity index (χ2v) is 4.43. The zero-order valence-electron chi connectivity index (χ0n) is 8.57. The number of rotatable bonds is 5. The van der Waals surface area contributed by atoms with Crippen LogP contribution in [-0.4, -0.2) is 20.4 Å². The van der Waals surface area contributed by atoms with Crippen molar-refractivity contribution in [2.75, 3.05) is 4.43 Å². The van der Waals surface area contributed by atoms with Gasteiger partial charge in [0.25, 0.3) is 0 Å². The minimum Gasteiger partial charge on any atom is -0.306 e. The largest absolute Gasteiger partial charge is 0.306 e. The lowest BCUT2D eigenvalue weighted by atomic mass is 10.1. The van der Waals surface area contributed by atoms with Crippen molar-refractivity contribution >= 4 is 22.6 Å². The Morgan fingerprint density at radius 3 is 2.50 bits per heavy atom. The molecule has 0 spiro atoms. The maximum atomic E-state index is 4.17. The minimum absolute atomic E-state index is 0.541. The number of aromatic nitrogens is 2. The molecule has 1 heterocycles. The first kappa shape index (κ1) is 11.8. The Bertz CT molecular complexity index is 251. The lowest BCUT2D eigenvalue weighted by molar-refractivity contribution is 0.431. The van der Waals surface area contributed by atoms with E-state index < -0.39 is 0 Å². The number of nitrogens with zero attached hydrogens (tertiary/aromatic N) is 2. The highest BCUT2D eigenvalue weighted by molar-refractivity contribution is 14.1. The maximum absolute atomic E-state index is 4.17. The predicted molar refractivity (Wildman–Crippen MR) is 66.4 cm³/mol. The molecule has 0 aliphatic carbocycles. The normalized spacial score (nSPS) is 13.1. The van der Waals surface area contributed by atoms with Crippen LogP contribution in [0, 0.1) is 5.92 Å². The summed E-state index contributed by atoms with van der Waals surface area (Å²) < 4.78 is 1.11. The monoisotopic (exact) mass is 305 g/mol. The Labute approximate surface area is 98.9 Å². The van der Waals surface area contributed by atoms with Gasteiger partial charge in [0, 0.05) is 22.9 Å². The SMILES string of the molecule is CC(C)C(CI)NCc1ncccn1. The van der Waals surface area contributed by atoms with Crippen LogP contribution in [-0.2, 0) is 6.54 Å². The molecule has 78 valence electrons.